The molecule has 1 atom stereocenters. The smallest absolute Gasteiger partial charge is 0.349 e. The first-order valence-corrected chi connectivity index (χ1v) is 13.4. The standard InChI is InChI=1S/C31H31ClN2O5/c1-2-3-4-5-8-17-36-22-13-11-21(12-14-22)30-24-16-15-23(18-28(24)39-31(34)25(30)19-33)38-29(35)20-37-27-10-7-6-9-26(27)32/h6-7,9-16,18,30H,2-5,8,17,20,34H2,1H3. The number of nitrogens with two attached hydrogens (primary N) is 1. The van der Waals surface area contributed by atoms with Crippen molar-refractivity contribution in [2.75, 3.05) is 13.2 Å². The second kappa shape index (κ2) is 13.6. The van der Waals surface area contributed by atoms with Gasteiger partial charge in [0.2, 0.25) is 5.88 Å². The number of ether oxygens (including phenoxy) is 4. The normalized spacial score (nSPS) is 14.1. The van der Waals surface area contributed by atoms with E-state index in [2.05, 4.69) is 13.0 Å². The second-order valence-electron chi connectivity index (χ2n) is 9.15. The lowest BCUT2D eigenvalue weighted by atomic mass is 9.83. The van der Waals surface area contributed by atoms with Crippen LogP contribution in [-0.2, 0) is 4.79 Å². The molecule has 1 unspecified atom stereocenters. The summed E-state index contributed by atoms with van der Waals surface area (Å²) in [6.45, 7) is 2.55. The Hall–Kier alpha value is -4.15. The molecule has 39 heavy (non-hydrogen) atoms. The van der Waals surface area contributed by atoms with E-state index in [4.69, 9.17) is 36.3 Å². The average Bonchev–Trinajstić information content (AvgIpc) is 2.94. The second-order valence-corrected chi connectivity index (χ2v) is 9.56. The van der Waals surface area contributed by atoms with Gasteiger partial charge in [0.05, 0.1) is 17.5 Å². The van der Waals surface area contributed by atoms with Gasteiger partial charge in [-0.25, -0.2) is 4.79 Å². The van der Waals surface area contributed by atoms with Crippen molar-refractivity contribution < 1.29 is 23.7 Å². The molecule has 0 saturated carbocycles. The number of allylic oxidation sites excluding steroid dienone is 1. The van der Waals surface area contributed by atoms with Gasteiger partial charge in [0, 0.05) is 11.6 Å². The largest absolute Gasteiger partial charge is 0.494 e. The molecule has 1 aliphatic heterocycles. The minimum Gasteiger partial charge on any atom is -0.494 e. The van der Waals surface area contributed by atoms with Crippen molar-refractivity contribution in [2.24, 2.45) is 5.73 Å². The number of hydrogen-bond donors (Lipinski definition) is 1. The molecule has 3 aromatic carbocycles. The molecule has 0 radical (unpaired) electrons. The first-order chi connectivity index (χ1) is 19.0. The van der Waals surface area contributed by atoms with Gasteiger partial charge in [-0.2, -0.15) is 5.26 Å². The van der Waals surface area contributed by atoms with Crippen LogP contribution in [0.5, 0.6) is 23.0 Å². The molecule has 3 aromatic rings. The molecule has 0 saturated heterocycles. The van der Waals surface area contributed by atoms with Crippen molar-refractivity contribution in [3.8, 4) is 29.1 Å². The summed E-state index contributed by atoms with van der Waals surface area (Å²) in [5.74, 6) is 0.793. The highest BCUT2D eigenvalue weighted by Crippen LogP contribution is 2.43. The van der Waals surface area contributed by atoms with Crippen LogP contribution in [0.3, 0.4) is 0 Å². The fourth-order valence-corrected chi connectivity index (χ4v) is 4.54. The number of nitrogens with zero attached hydrogens (tertiary/aromatic N) is 1. The van der Waals surface area contributed by atoms with E-state index in [-0.39, 0.29) is 18.2 Å². The van der Waals surface area contributed by atoms with Crippen molar-refractivity contribution in [2.45, 2.75) is 44.9 Å². The molecule has 2 N–H and O–H groups in total. The third kappa shape index (κ3) is 7.24. The maximum Gasteiger partial charge on any atom is 0.349 e. The first-order valence-electron chi connectivity index (χ1n) is 13.0. The van der Waals surface area contributed by atoms with Gasteiger partial charge in [-0.1, -0.05) is 74.5 Å². The molecule has 1 aliphatic rings. The van der Waals surface area contributed by atoms with Crippen LogP contribution in [0.2, 0.25) is 5.02 Å². The molecule has 8 heteroatoms. The monoisotopic (exact) mass is 546 g/mol. The number of esters is 1. The Morgan fingerprint density at radius 3 is 2.49 bits per heavy atom. The summed E-state index contributed by atoms with van der Waals surface area (Å²) in [7, 11) is 0. The van der Waals surface area contributed by atoms with E-state index in [1.54, 1.807) is 42.5 Å². The van der Waals surface area contributed by atoms with Crippen LogP contribution in [0.1, 0.15) is 56.1 Å². The van der Waals surface area contributed by atoms with Gasteiger partial charge in [0.15, 0.2) is 6.61 Å². The van der Waals surface area contributed by atoms with E-state index in [9.17, 15) is 10.1 Å². The van der Waals surface area contributed by atoms with Gasteiger partial charge in [-0.15, -0.1) is 0 Å². The van der Waals surface area contributed by atoms with Crippen molar-refractivity contribution in [1.29, 1.82) is 5.26 Å². The Morgan fingerprint density at radius 1 is 1.00 bits per heavy atom. The number of halogens is 1. The van der Waals surface area contributed by atoms with Crippen molar-refractivity contribution in [3.63, 3.8) is 0 Å². The van der Waals surface area contributed by atoms with Crippen molar-refractivity contribution >= 4 is 17.6 Å². The molecular formula is C31H31ClN2O5. The number of unbranched alkanes of at least 4 members (excludes halogenated alkanes) is 4. The molecule has 4 rings (SSSR count). The average molecular weight is 547 g/mol. The zero-order valence-electron chi connectivity index (χ0n) is 21.8. The van der Waals surface area contributed by atoms with E-state index < -0.39 is 11.9 Å². The maximum absolute atomic E-state index is 12.4. The van der Waals surface area contributed by atoms with Gasteiger partial charge in [0.25, 0.3) is 0 Å². The van der Waals surface area contributed by atoms with Crippen LogP contribution in [0.4, 0.5) is 0 Å². The Bertz CT molecular complexity index is 1360. The lowest BCUT2D eigenvalue weighted by Gasteiger charge is -2.26. The van der Waals surface area contributed by atoms with E-state index in [1.165, 1.54) is 19.3 Å². The van der Waals surface area contributed by atoms with Crippen LogP contribution in [-0.4, -0.2) is 19.2 Å². The molecule has 1 heterocycles. The number of carbonyl (C=O) groups excluding carboxylic acids is 1. The summed E-state index contributed by atoms with van der Waals surface area (Å²) < 4.78 is 22.5. The van der Waals surface area contributed by atoms with E-state index in [1.807, 2.05) is 24.3 Å². The fourth-order valence-electron chi connectivity index (χ4n) is 4.35. The predicted molar refractivity (Wildman–Crippen MR) is 149 cm³/mol. The topological polar surface area (TPSA) is 104 Å². The summed E-state index contributed by atoms with van der Waals surface area (Å²) in [4.78, 5) is 12.4. The van der Waals surface area contributed by atoms with Crippen LogP contribution in [0.15, 0.2) is 78.2 Å². The number of carbonyl (C=O) groups is 1. The van der Waals surface area contributed by atoms with Gasteiger partial charge in [-0.05, 0) is 42.3 Å². The SMILES string of the molecule is CCCCCCCOc1ccc(C2C(C#N)=C(N)Oc3cc(OC(=O)COc4ccccc4Cl)ccc32)cc1. The number of nitriles is 1. The number of rotatable bonds is 12. The van der Waals surface area contributed by atoms with Crippen LogP contribution >= 0.6 is 11.6 Å². The van der Waals surface area contributed by atoms with E-state index in [0.29, 0.717) is 28.7 Å². The van der Waals surface area contributed by atoms with Crippen LogP contribution in [0.25, 0.3) is 0 Å². The highest BCUT2D eigenvalue weighted by molar-refractivity contribution is 6.32. The molecule has 202 valence electrons. The van der Waals surface area contributed by atoms with Crippen molar-refractivity contribution in [1.82, 2.24) is 0 Å². The molecule has 0 aliphatic carbocycles. The minimum absolute atomic E-state index is 0.00735. The third-order valence-electron chi connectivity index (χ3n) is 6.33. The van der Waals surface area contributed by atoms with Crippen molar-refractivity contribution in [3.05, 3.63) is 94.3 Å². The minimum atomic E-state index is -0.607. The summed E-state index contributed by atoms with van der Waals surface area (Å²) in [5.41, 5.74) is 8.04. The zero-order valence-corrected chi connectivity index (χ0v) is 22.6. The Morgan fingerprint density at radius 2 is 1.74 bits per heavy atom. The molecule has 7 nitrogen and oxygen atoms in total. The molecule has 0 spiro atoms. The van der Waals surface area contributed by atoms with E-state index >= 15 is 0 Å². The zero-order chi connectivity index (χ0) is 27.6. The van der Waals surface area contributed by atoms with Crippen LogP contribution < -0.4 is 24.7 Å². The number of fused-ring (bicyclic) bond motifs is 1. The Kier molecular flexibility index (Phi) is 9.71. The summed E-state index contributed by atoms with van der Waals surface area (Å²) in [6, 6.07) is 21.7. The Balaban J connectivity index is 1.44. The van der Waals surface area contributed by atoms with Gasteiger partial charge in [0.1, 0.15) is 34.6 Å². The number of benzene rings is 3. The highest BCUT2D eigenvalue weighted by Gasteiger charge is 2.31. The predicted octanol–water partition coefficient (Wildman–Crippen LogP) is 6.89. The summed E-state index contributed by atoms with van der Waals surface area (Å²) in [6.07, 6.45) is 5.87. The van der Waals surface area contributed by atoms with Gasteiger partial charge < -0.3 is 24.7 Å². The van der Waals surface area contributed by atoms with Gasteiger partial charge >= 0.3 is 5.97 Å². The lowest BCUT2D eigenvalue weighted by molar-refractivity contribution is -0.136. The molecule has 0 amide bonds. The Labute approximate surface area is 233 Å². The maximum atomic E-state index is 12.4. The lowest BCUT2D eigenvalue weighted by Crippen LogP contribution is -2.21. The highest BCUT2D eigenvalue weighted by atomic mass is 35.5. The number of para-hydroxylation sites is 1. The third-order valence-corrected chi connectivity index (χ3v) is 6.65. The molecule has 0 bridgehead atoms. The summed E-state index contributed by atoms with van der Waals surface area (Å²) >= 11 is 6.06. The fraction of sp³-hybridized carbons (Fsp3) is 0.290. The number of hydrogen-bond acceptors (Lipinski definition) is 7. The van der Waals surface area contributed by atoms with Crippen LogP contribution in [0, 0.1) is 11.3 Å². The quantitative estimate of drug-likeness (QED) is 0.150. The van der Waals surface area contributed by atoms with E-state index in [0.717, 1.165) is 29.7 Å². The molecule has 0 aromatic heterocycles. The molecular weight excluding hydrogens is 516 g/mol. The first kappa shape index (κ1) is 27.9. The summed E-state index contributed by atoms with van der Waals surface area (Å²) in [5, 5.41) is 10.2. The van der Waals surface area contributed by atoms with Gasteiger partial charge in [-0.3, -0.25) is 0 Å². The molecule has 0 fully saturated rings.